The maximum absolute atomic E-state index is 12.0. The van der Waals surface area contributed by atoms with Crippen molar-refractivity contribution in [2.24, 2.45) is 5.73 Å². The molecule has 1 fully saturated rings. The summed E-state index contributed by atoms with van der Waals surface area (Å²) in [5.74, 6) is -0.0591. The molecule has 1 aliphatic heterocycles. The minimum Gasteiger partial charge on any atom is -0.318 e. The van der Waals surface area contributed by atoms with Crippen molar-refractivity contribution in [3.63, 3.8) is 0 Å². The lowest BCUT2D eigenvalue weighted by atomic mass is 9.88. The number of amides is 1. The molecule has 4 heteroatoms. The molecule has 0 saturated carbocycles. The van der Waals surface area contributed by atoms with E-state index in [1.54, 1.807) is 17.0 Å². The first-order valence-corrected chi connectivity index (χ1v) is 6.45. The molecule has 1 amide bonds. The average molecular weight is 273 g/mol. The van der Waals surface area contributed by atoms with Crippen molar-refractivity contribution in [2.75, 3.05) is 4.90 Å². The molecule has 3 nitrogen and oxygen atoms in total. The molecule has 2 N–H and O–H groups in total. The molecule has 2 atom stereocenters. The number of benzene rings is 2. The van der Waals surface area contributed by atoms with Crippen LogP contribution in [0.15, 0.2) is 54.6 Å². The Balaban J connectivity index is 1.96. The standard InChI is InChI=1S/C15H13ClN2O/c16-11-6-8-12(9-7-11)18-14(13(17)15(18)19)10-4-2-1-3-5-10/h1-9,13-14H,17H2. The Hall–Kier alpha value is -1.84. The van der Waals surface area contributed by atoms with E-state index in [-0.39, 0.29) is 11.9 Å². The third-order valence-corrected chi connectivity index (χ3v) is 3.64. The maximum Gasteiger partial charge on any atom is 0.247 e. The number of rotatable bonds is 2. The van der Waals surface area contributed by atoms with Crippen LogP contribution in [-0.4, -0.2) is 11.9 Å². The molecular weight excluding hydrogens is 260 g/mol. The highest BCUT2D eigenvalue weighted by Gasteiger charge is 2.46. The third-order valence-electron chi connectivity index (χ3n) is 3.39. The Labute approximate surface area is 116 Å². The summed E-state index contributed by atoms with van der Waals surface area (Å²) in [6, 6.07) is 16.5. The van der Waals surface area contributed by atoms with Gasteiger partial charge >= 0.3 is 0 Å². The van der Waals surface area contributed by atoms with Crippen LogP contribution in [0.1, 0.15) is 11.6 Å². The molecular formula is C15H13ClN2O. The number of carbonyl (C=O) groups is 1. The summed E-state index contributed by atoms with van der Waals surface area (Å²) >= 11 is 5.87. The van der Waals surface area contributed by atoms with Gasteiger partial charge in [0.2, 0.25) is 5.91 Å². The first-order valence-electron chi connectivity index (χ1n) is 6.07. The number of hydrogen-bond donors (Lipinski definition) is 1. The van der Waals surface area contributed by atoms with Crippen molar-refractivity contribution < 1.29 is 4.79 Å². The van der Waals surface area contributed by atoms with E-state index in [0.29, 0.717) is 5.02 Å². The van der Waals surface area contributed by atoms with Gasteiger partial charge in [0.05, 0.1) is 6.04 Å². The van der Waals surface area contributed by atoms with Crippen LogP contribution in [0.2, 0.25) is 5.02 Å². The first-order chi connectivity index (χ1) is 9.18. The number of β-lactam (4-membered cyclic amide) rings is 1. The Morgan fingerprint density at radius 3 is 2.26 bits per heavy atom. The second kappa shape index (κ2) is 4.68. The van der Waals surface area contributed by atoms with Gasteiger partial charge in [-0.2, -0.15) is 0 Å². The van der Waals surface area contributed by atoms with Crippen LogP contribution < -0.4 is 10.6 Å². The highest BCUT2D eigenvalue weighted by atomic mass is 35.5. The van der Waals surface area contributed by atoms with Crippen LogP contribution in [0, 0.1) is 0 Å². The van der Waals surface area contributed by atoms with E-state index in [4.69, 9.17) is 17.3 Å². The van der Waals surface area contributed by atoms with E-state index >= 15 is 0 Å². The van der Waals surface area contributed by atoms with E-state index in [9.17, 15) is 4.79 Å². The molecule has 1 saturated heterocycles. The zero-order valence-corrected chi connectivity index (χ0v) is 10.9. The highest BCUT2D eigenvalue weighted by molar-refractivity contribution is 6.30. The van der Waals surface area contributed by atoms with Gasteiger partial charge in [-0.25, -0.2) is 0 Å². The van der Waals surface area contributed by atoms with Gasteiger partial charge in [0.15, 0.2) is 0 Å². The summed E-state index contributed by atoms with van der Waals surface area (Å²) in [6.07, 6.45) is 0. The van der Waals surface area contributed by atoms with Crippen molar-refractivity contribution in [1.82, 2.24) is 0 Å². The van der Waals surface area contributed by atoms with Crippen molar-refractivity contribution in [2.45, 2.75) is 12.1 Å². The van der Waals surface area contributed by atoms with Gasteiger partial charge < -0.3 is 10.6 Å². The van der Waals surface area contributed by atoms with E-state index in [0.717, 1.165) is 11.3 Å². The molecule has 1 heterocycles. The molecule has 0 aliphatic carbocycles. The summed E-state index contributed by atoms with van der Waals surface area (Å²) in [5.41, 5.74) is 7.81. The van der Waals surface area contributed by atoms with Gasteiger partial charge in [-0.05, 0) is 29.8 Å². The van der Waals surface area contributed by atoms with Crippen molar-refractivity contribution >= 4 is 23.2 Å². The zero-order valence-electron chi connectivity index (χ0n) is 10.2. The van der Waals surface area contributed by atoms with Crippen molar-refractivity contribution in [3.8, 4) is 0 Å². The normalized spacial score (nSPS) is 22.2. The number of carbonyl (C=O) groups excluding carboxylic acids is 1. The van der Waals surface area contributed by atoms with Gasteiger partial charge in [-0.15, -0.1) is 0 Å². The Morgan fingerprint density at radius 2 is 1.63 bits per heavy atom. The lowest BCUT2D eigenvalue weighted by Gasteiger charge is -2.45. The molecule has 0 aromatic heterocycles. The fourth-order valence-corrected chi connectivity index (χ4v) is 2.53. The predicted molar refractivity (Wildman–Crippen MR) is 76.1 cm³/mol. The first kappa shape index (κ1) is 12.2. The SMILES string of the molecule is NC1C(=O)N(c2ccc(Cl)cc2)C1c1ccccc1. The Morgan fingerprint density at radius 1 is 1.00 bits per heavy atom. The van der Waals surface area contributed by atoms with Crippen LogP contribution in [-0.2, 0) is 4.79 Å². The fourth-order valence-electron chi connectivity index (χ4n) is 2.41. The monoisotopic (exact) mass is 272 g/mol. The molecule has 2 aromatic rings. The van der Waals surface area contributed by atoms with E-state index in [1.807, 2.05) is 42.5 Å². The quantitative estimate of drug-likeness (QED) is 0.855. The lowest BCUT2D eigenvalue weighted by molar-refractivity contribution is -0.126. The summed E-state index contributed by atoms with van der Waals surface area (Å²) in [5, 5.41) is 0.650. The van der Waals surface area contributed by atoms with Crippen LogP contribution in [0.5, 0.6) is 0 Å². The van der Waals surface area contributed by atoms with Crippen LogP contribution >= 0.6 is 11.6 Å². The Bertz CT molecular complexity index is 597. The smallest absolute Gasteiger partial charge is 0.247 e. The topological polar surface area (TPSA) is 46.3 Å². The van der Waals surface area contributed by atoms with Gasteiger partial charge in [-0.1, -0.05) is 41.9 Å². The maximum atomic E-state index is 12.0. The largest absolute Gasteiger partial charge is 0.318 e. The predicted octanol–water partition coefficient (Wildman–Crippen LogP) is 2.76. The average Bonchev–Trinajstić information content (AvgIpc) is 2.46. The number of hydrogen-bond acceptors (Lipinski definition) is 2. The van der Waals surface area contributed by atoms with Gasteiger partial charge in [0.1, 0.15) is 6.04 Å². The van der Waals surface area contributed by atoms with E-state index in [1.165, 1.54) is 0 Å². The molecule has 0 radical (unpaired) electrons. The molecule has 2 unspecified atom stereocenters. The summed E-state index contributed by atoms with van der Waals surface area (Å²) in [7, 11) is 0. The van der Waals surface area contributed by atoms with Crippen LogP contribution in [0.25, 0.3) is 0 Å². The van der Waals surface area contributed by atoms with Crippen LogP contribution in [0.3, 0.4) is 0 Å². The molecule has 0 bridgehead atoms. The molecule has 96 valence electrons. The molecule has 1 aliphatic rings. The summed E-state index contributed by atoms with van der Waals surface area (Å²) < 4.78 is 0. The van der Waals surface area contributed by atoms with Crippen molar-refractivity contribution in [3.05, 3.63) is 65.2 Å². The number of halogens is 1. The molecule has 2 aromatic carbocycles. The van der Waals surface area contributed by atoms with Crippen LogP contribution in [0.4, 0.5) is 5.69 Å². The van der Waals surface area contributed by atoms with Gasteiger partial charge in [0.25, 0.3) is 0 Å². The molecule has 3 rings (SSSR count). The third kappa shape index (κ3) is 2.01. The second-order valence-electron chi connectivity index (χ2n) is 4.57. The summed E-state index contributed by atoms with van der Waals surface area (Å²) in [4.78, 5) is 13.7. The Kier molecular flexibility index (Phi) is 3.01. The summed E-state index contributed by atoms with van der Waals surface area (Å²) in [6.45, 7) is 0. The highest BCUT2D eigenvalue weighted by Crippen LogP contribution is 2.38. The minimum absolute atomic E-state index is 0.0591. The molecule has 0 spiro atoms. The van der Waals surface area contributed by atoms with E-state index < -0.39 is 6.04 Å². The number of anilines is 1. The lowest BCUT2D eigenvalue weighted by Crippen LogP contribution is -2.63. The zero-order chi connectivity index (χ0) is 13.4. The number of nitrogens with zero attached hydrogens (tertiary/aromatic N) is 1. The van der Waals surface area contributed by atoms with Gasteiger partial charge in [-0.3, -0.25) is 4.79 Å². The van der Waals surface area contributed by atoms with E-state index in [2.05, 4.69) is 0 Å². The second-order valence-corrected chi connectivity index (χ2v) is 5.00. The van der Waals surface area contributed by atoms with Gasteiger partial charge in [0, 0.05) is 10.7 Å². The fraction of sp³-hybridized carbons (Fsp3) is 0.133. The minimum atomic E-state index is -0.474. The van der Waals surface area contributed by atoms with Crippen molar-refractivity contribution in [1.29, 1.82) is 0 Å². The number of nitrogens with two attached hydrogens (primary N) is 1. The molecule has 19 heavy (non-hydrogen) atoms.